The average molecular weight is 321 g/mol. The van der Waals surface area contributed by atoms with Crippen LogP contribution < -0.4 is 4.74 Å². The van der Waals surface area contributed by atoms with E-state index in [4.69, 9.17) is 17.0 Å². The van der Waals surface area contributed by atoms with Crippen LogP contribution in [0.4, 0.5) is 0 Å². The third-order valence-electron chi connectivity index (χ3n) is 3.28. The molecule has 1 aliphatic rings. The Bertz CT molecular complexity index is 569. The Morgan fingerprint density at radius 2 is 2.10 bits per heavy atom. The lowest BCUT2D eigenvalue weighted by molar-refractivity contribution is -0.122. The molecule has 0 atom stereocenters. The first-order valence-electron chi connectivity index (χ1n) is 7.05. The van der Waals surface area contributed by atoms with Crippen LogP contribution in [0.2, 0.25) is 0 Å². The molecule has 0 bridgehead atoms. The molecule has 112 valence electrons. The number of hydrogen-bond donors (Lipinski definition) is 0. The lowest BCUT2D eigenvalue weighted by Gasteiger charge is -2.13. The van der Waals surface area contributed by atoms with E-state index in [0.29, 0.717) is 15.8 Å². The Morgan fingerprint density at radius 1 is 1.33 bits per heavy atom. The van der Waals surface area contributed by atoms with Gasteiger partial charge in [0.2, 0.25) is 0 Å². The van der Waals surface area contributed by atoms with E-state index in [9.17, 15) is 4.79 Å². The smallest absolute Gasteiger partial charge is 0.266 e. The molecule has 0 saturated carbocycles. The fourth-order valence-corrected chi connectivity index (χ4v) is 3.44. The van der Waals surface area contributed by atoms with Gasteiger partial charge >= 0.3 is 0 Å². The number of unbranched alkanes of at least 4 members (excludes halogenated alkanes) is 2. The zero-order chi connectivity index (χ0) is 15.2. The van der Waals surface area contributed by atoms with Crippen molar-refractivity contribution in [1.29, 1.82) is 0 Å². The van der Waals surface area contributed by atoms with Gasteiger partial charge in [0, 0.05) is 12.1 Å². The predicted octanol–water partition coefficient (Wildman–Crippen LogP) is 4.09. The number of methoxy groups -OCH3 is 1. The molecule has 1 aliphatic heterocycles. The fraction of sp³-hybridized carbons (Fsp3) is 0.375. The number of thiocarbonyl (C=S) groups is 1. The monoisotopic (exact) mass is 321 g/mol. The third-order valence-corrected chi connectivity index (χ3v) is 4.66. The Kier molecular flexibility index (Phi) is 5.82. The molecule has 0 aromatic heterocycles. The van der Waals surface area contributed by atoms with Gasteiger partial charge in [0.1, 0.15) is 10.1 Å². The molecule has 1 saturated heterocycles. The summed E-state index contributed by atoms with van der Waals surface area (Å²) in [5.74, 6) is 0.765. The second kappa shape index (κ2) is 7.61. The first-order valence-corrected chi connectivity index (χ1v) is 8.28. The zero-order valence-corrected chi connectivity index (χ0v) is 13.9. The molecular weight excluding hydrogens is 302 g/mol. The lowest BCUT2D eigenvalue weighted by Crippen LogP contribution is -2.28. The summed E-state index contributed by atoms with van der Waals surface area (Å²) in [6, 6.07) is 7.65. The average Bonchev–Trinajstić information content (AvgIpc) is 2.75. The van der Waals surface area contributed by atoms with E-state index in [1.54, 1.807) is 12.0 Å². The number of benzene rings is 1. The van der Waals surface area contributed by atoms with E-state index in [1.165, 1.54) is 11.8 Å². The van der Waals surface area contributed by atoms with Crippen LogP contribution >= 0.6 is 24.0 Å². The van der Waals surface area contributed by atoms with Crippen molar-refractivity contribution >= 4 is 40.3 Å². The summed E-state index contributed by atoms with van der Waals surface area (Å²) in [7, 11) is 1.63. The van der Waals surface area contributed by atoms with Crippen LogP contribution in [0, 0.1) is 0 Å². The normalized spacial score (nSPS) is 16.9. The topological polar surface area (TPSA) is 29.5 Å². The van der Waals surface area contributed by atoms with Crippen LogP contribution in [0.5, 0.6) is 5.75 Å². The quantitative estimate of drug-likeness (QED) is 0.448. The van der Waals surface area contributed by atoms with Crippen LogP contribution in [-0.2, 0) is 4.79 Å². The van der Waals surface area contributed by atoms with Crippen molar-refractivity contribution in [1.82, 2.24) is 4.90 Å². The molecule has 1 heterocycles. The molecule has 0 N–H and O–H groups in total. The minimum atomic E-state index is 0.00649. The number of amides is 1. The largest absolute Gasteiger partial charge is 0.496 e. The number of carbonyl (C=O) groups excluding carboxylic acids is 1. The van der Waals surface area contributed by atoms with Crippen LogP contribution in [-0.4, -0.2) is 28.8 Å². The summed E-state index contributed by atoms with van der Waals surface area (Å²) in [6.07, 6.45) is 5.09. The molecule has 0 unspecified atom stereocenters. The number of ether oxygens (including phenoxy) is 1. The van der Waals surface area contributed by atoms with Crippen molar-refractivity contribution in [3.05, 3.63) is 34.7 Å². The van der Waals surface area contributed by atoms with Gasteiger partial charge in [0.25, 0.3) is 5.91 Å². The first-order chi connectivity index (χ1) is 10.2. The number of rotatable bonds is 6. The minimum absolute atomic E-state index is 0.00649. The second-order valence-electron chi connectivity index (χ2n) is 4.78. The molecule has 2 rings (SSSR count). The van der Waals surface area contributed by atoms with Gasteiger partial charge in [0.15, 0.2) is 0 Å². The number of thioether (sulfide) groups is 1. The molecule has 1 aromatic rings. The number of carbonyl (C=O) groups is 1. The van der Waals surface area contributed by atoms with Gasteiger partial charge in [-0.3, -0.25) is 9.69 Å². The highest BCUT2D eigenvalue weighted by molar-refractivity contribution is 8.26. The van der Waals surface area contributed by atoms with Gasteiger partial charge in [-0.15, -0.1) is 0 Å². The van der Waals surface area contributed by atoms with Crippen molar-refractivity contribution < 1.29 is 9.53 Å². The van der Waals surface area contributed by atoms with Crippen molar-refractivity contribution in [2.24, 2.45) is 0 Å². The SMILES string of the molecule is CCCCCN1C(=O)C(=Cc2ccccc2OC)SC1=S. The molecule has 0 aliphatic carbocycles. The molecule has 21 heavy (non-hydrogen) atoms. The fourth-order valence-electron chi connectivity index (χ4n) is 2.14. The maximum absolute atomic E-state index is 12.4. The molecule has 3 nitrogen and oxygen atoms in total. The predicted molar refractivity (Wildman–Crippen MR) is 92.4 cm³/mol. The molecule has 1 aromatic carbocycles. The standard InChI is InChI=1S/C16H19NO2S2/c1-3-4-7-10-17-15(18)14(21-16(17)20)11-12-8-5-6-9-13(12)19-2/h5-6,8-9,11H,3-4,7,10H2,1-2H3. The summed E-state index contributed by atoms with van der Waals surface area (Å²) in [6.45, 7) is 2.85. The van der Waals surface area contributed by atoms with Gasteiger partial charge in [-0.2, -0.15) is 0 Å². The summed E-state index contributed by atoms with van der Waals surface area (Å²) in [4.78, 5) is 14.8. The van der Waals surface area contributed by atoms with Crippen molar-refractivity contribution in [3.63, 3.8) is 0 Å². The third kappa shape index (κ3) is 3.86. The van der Waals surface area contributed by atoms with E-state index < -0.39 is 0 Å². The highest BCUT2D eigenvalue weighted by atomic mass is 32.2. The van der Waals surface area contributed by atoms with Crippen LogP contribution in [0.3, 0.4) is 0 Å². The summed E-state index contributed by atoms with van der Waals surface area (Å²) in [5.41, 5.74) is 0.897. The zero-order valence-electron chi connectivity index (χ0n) is 12.3. The van der Waals surface area contributed by atoms with E-state index in [0.717, 1.165) is 30.6 Å². The molecule has 5 heteroatoms. The number of para-hydroxylation sites is 1. The first kappa shape index (κ1) is 16.0. The van der Waals surface area contributed by atoms with E-state index >= 15 is 0 Å². The Labute approximate surface area is 135 Å². The van der Waals surface area contributed by atoms with Crippen molar-refractivity contribution in [3.8, 4) is 5.75 Å². The lowest BCUT2D eigenvalue weighted by atomic mass is 10.2. The molecule has 0 spiro atoms. The highest BCUT2D eigenvalue weighted by Gasteiger charge is 2.31. The number of hydrogen-bond acceptors (Lipinski definition) is 4. The molecule has 1 amide bonds. The summed E-state index contributed by atoms with van der Waals surface area (Å²) in [5, 5.41) is 0. The van der Waals surface area contributed by atoms with Gasteiger partial charge in [-0.1, -0.05) is 61.9 Å². The Hall–Kier alpha value is -1.33. The molecular formula is C16H19NO2S2. The van der Waals surface area contributed by atoms with E-state index in [-0.39, 0.29) is 5.91 Å². The van der Waals surface area contributed by atoms with Gasteiger partial charge in [-0.25, -0.2) is 0 Å². The highest BCUT2D eigenvalue weighted by Crippen LogP contribution is 2.34. The summed E-state index contributed by atoms with van der Waals surface area (Å²) < 4.78 is 5.96. The Morgan fingerprint density at radius 3 is 2.81 bits per heavy atom. The molecule has 1 fully saturated rings. The Balaban J connectivity index is 2.16. The second-order valence-corrected chi connectivity index (χ2v) is 6.46. The van der Waals surface area contributed by atoms with Gasteiger partial charge < -0.3 is 4.74 Å². The van der Waals surface area contributed by atoms with Crippen molar-refractivity contribution in [2.45, 2.75) is 26.2 Å². The minimum Gasteiger partial charge on any atom is -0.496 e. The van der Waals surface area contributed by atoms with E-state index in [1.807, 2.05) is 30.3 Å². The maximum atomic E-state index is 12.4. The number of nitrogens with zero attached hydrogens (tertiary/aromatic N) is 1. The van der Waals surface area contributed by atoms with Crippen molar-refractivity contribution in [2.75, 3.05) is 13.7 Å². The van der Waals surface area contributed by atoms with Gasteiger partial charge in [0.05, 0.1) is 12.0 Å². The summed E-state index contributed by atoms with van der Waals surface area (Å²) >= 11 is 6.68. The van der Waals surface area contributed by atoms with Crippen LogP contribution in [0.1, 0.15) is 31.7 Å². The molecule has 0 radical (unpaired) electrons. The van der Waals surface area contributed by atoms with Crippen LogP contribution in [0.15, 0.2) is 29.2 Å². The van der Waals surface area contributed by atoms with Crippen LogP contribution in [0.25, 0.3) is 6.08 Å². The van der Waals surface area contributed by atoms with E-state index in [2.05, 4.69) is 6.92 Å². The maximum Gasteiger partial charge on any atom is 0.266 e. The van der Waals surface area contributed by atoms with Gasteiger partial charge in [-0.05, 0) is 18.6 Å².